The van der Waals surface area contributed by atoms with Crippen LogP contribution in [0.1, 0.15) is 30.7 Å². The molecule has 0 bridgehead atoms. The van der Waals surface area contributed by atoms with E-state index in [1.807, 2.05) is 23.1 Å². The highest BCUT2D eigenvalue weighted by Gasteiger charge is 2.48. The Bertz CT molecular complexity index is 550. The number of nitrogens with zero attached hydrogens (tertiary/aromatic N) is 1. The van der Waals surface area contributed by atoms with Crippen LogP contribution in [0.3, 0.4) is 0 Å². The number of ether oxygens (including phenoxy) is 1. The maximum Gasteiger partial charge on any atom is 0.248 e. The number of piperidine rings is 1. The molecule has 1 aromatic rings. The van der Waals surface area contributed by atoms with E-state index in [0.717, 1.165) is 12.8 Å². The monoisotopic (exact) mass is 302 g/mol. The van der Waals surface area contributed by atoms with E-state index in [9.17, 15) is 9.59 Å². The summed E-state index contributed by atoms with van der Waals surface area (Å²) in [6.45, 7) is 1.47. The van der Waals surface area contributed by atoms with E-state index in [2.05, 4.69) is 17.4 Å². The number of carbonyl (C=O) groups excluding carboxylic acids is 2. The standard InChI is InChI=1S/C17H22N2O3/c1-22-12-16(21)19-9-7-17(8-10-19)14(11-15(20)18-17)13-5-3-2-4-6-13/h2-6,14H,7-12H2,1H3,(H,18,20)/t14-/m0/s1. The molecule has 0 saturated carbocycles. The molecular formula is C17H22N2O3. The lowest BCUT2D eigenvalue weighted by Crippen LogP contribution is -2.54. The van der Waals surface area contributed by atoms with Crippen LogP contribution in [0.4, 0.5) is 0 Å². The quantitative estimate of drug-likeness (QED) is 0.915. The van der Waals surface area contributed by atoms with Crippen LogP contribution >= 0.6 is 0 Å². The van der Waals surface area contributed by atoms with Crippen LogP contribution in [0.2, 0.25) is 0 Å². The second-order valence-corrected chi connectivity index (χ2v) is 6.19. The lowest BCUT2D eigenvalue weighted by Gasteiger charge is -2.43. The van der Waals surface area contributed by atoms with Crippen LogP contribution < -0.4 is 5.32 Å². The van der Waals surface area contributed by atoms with E-state index in [0.29, 0.717) is 19.5 Å². The van der Waals surface area contributed by atoms with Crippen LogP contribution in [0.5, 0.6) is 0 Å². The molecular weight excluding hydrogens is 280 g/mol. The maximum absolute atomic E-state index is 12.0. The summed E-state index contributed by atoms with van der Waals surface area (Å²) in [4.78, 5) is 25.8. The van der Waals surface area contributed by atoms with E-state index in [1.54, 1.807) is 0 Å². The Hall–Kier alpha value is -1.88. The largest absolute Gasteiger partial charge is 0.375 e. The SMILES string of the molecule is COCC(=O)N1CCC2(CC1)NC(=O)C[C@H]2c1ccccc1. The first-order valence-electron chi connectivity index (χ1n) is 7.77. The fraction of sp³-hybridized carbons (Fsp3) is 0.529. The van der Waals surface area contributed by atoms with Gasteiger partial charge in [0.15, 0.2) is 0 Å². The number of carbonyl (C=O) groups is 2. The highest BCUT2D eigenvalue weighted by molar-refractivity contribution is 5.82. The van der Waals surface area contributed by atoms with Crippen molar-refractivity contribution >= 4 is 11.8 Å². The van der Waals surface area contributed by atoms with Gasteiger partial charge in [0.25, 0.3) is 0 Å². The molecule has 5 heteroatoms. The molecule has 5 nitrogen and oxygen atoms in total. The molecule has 2 saturated heterocycles. The lowest BCUT2D eigenvalue weighted by atomic mass is 9.74. The zero-order valence-electron chi connectivity index (χ0n) is 12.9. The van der Waals surface area contributed by atoms with E-state index in [-0.39, 0.29) is 29.9 Å². The summed E-state index contributed by atoms with van der Waals surface area (Å²) in [6, 6.07) is 10.2. The predicted octanol–water partition coefficient (Wildman–Crippen LogP) is 1.30. The van der Waals surface area contributed by atoms with Gasteiger partial charge in [-0.25, -0.2) is 0 Å². The molecule has 0 aliphatic carbocycles. The van der Waals surface area contributed by atoms with E-state index < -0.39 is 0 Å². The molecule has 22 heavy (non-hydrogen) atoms. The van der Waals surface area contributed by atoms with Gasteiger partial charge in [0.05, 0.1) is 5.54 Å². The van der Waals surface area contributed by atoms with Crippen molar-refractivity contribution in [1.29, 1.82) is 0 Å². The highest BCUT2D eigenvalue weighted by Crippen LogP contribution is 2.43. The van der Waals surface area contributed by atoms with Crippen LogP contribution in [0.25, 0.3) is 0 Å². The van der Waals surface area contributed by atoms with Gasteiger partial charge >= 0.3 is 0 Å². The predicted molar refractivity (Wildman–Crippen MR) is 82.4 cm³/mol. The lowest BCUT2D eigenvalue weighted by molar-refractivity contribution is -0.136. The topological polar surface area (TPSA) is 58.6 Å². The number of methoxy groups -OCH3 is 1. The van der Waals surface area contributed by atoms with Crippen LogP contribution in [-0.4, -0.2) is 49.1 Å². The van der Waals surface area contributed by atoms with Crippen molar-refractivity contribution in [2.45, 2.75) is 30.7 Å². The van der Waals surface area contributed by atoms with Crippen molar-refractivity contribution in [3.8, 4) is 0 Å². The van der Waals surface area contributed by atoms with E-state index >= 15 is 0 Å². The van der Waals surface area contributed by atoms with Gasteiger partial charge in [0.2, 0.25) is 11.8 Å². The second-order valence-electron chi connectivity index (χ2n) is 6.19. The van der Waals surface area contributed by atoms with Gasteiger partial charge in [-0.05, 0) is 18.4 Å². The third kappa shape index (κ3) is 2.73. The number of rotatable bonds is 3. The Morgan fingerprint density at radius 3 is 2.64 bits per heavy atom. The maximum atomic E-state index is 12.0. The zero-order valence-corrected chi connectivity index (χ0v) is 12.9. The number of hydrogen-bond donors (Lipinski definition) is 1. The number of likely N-dealkylation sites (tertiary alicyclic amines) is 1. The molecule has 1 atom stereocenters. The highest BCUT2D eigenvalue weighted by atomic mass is 16.5. The fourth-order valence-electron chi connectivity index (χ4n) is 3.76. The summed E-state index contributed by atoms with van der Waals surface area (Å²) >= 11 is 0. The Morgan fingerprint density at radius 1 is 1.32 bits per heavy atom. The van der Waals surface area contributed by atoms with Crippen molar-refractivity contribution in [2.24, 2.45) is 0 Å². The van der Waals surface area contributed by atoms with Gasteiger partial charge in [-0.15, -0.1) is 0 Å². The number of benzene rings is 1. The van der Waals surface area contributed by atoms with Crippen LogP contribution in [0, 0.1) is 0 Å². The molecule has 118 valence electrons. The number of hydrogen-bond acceptors (Lipinski definition) is 3. The first-order chi connectivity index (χ1) is 10.6. The Labute approximate surface area is 130 Å². The van der Waals surface area contributed by atoms with Gasteiger partial charge in [-0.3, -0.25) is 9.59 Å². The van der Waals surface area contributed by atoms with Crippen molar-refractivity contribution < 1.29 is 14.3 Å². The molecule has 0 unspecified atom stereocenters. The summed E-state index contributed by atoms with van der Waals surface area (Å²) in [5.74, 6) is 0.337. The summed E-state index contributed by atoms with van der Waals surface area (Å²) in [7, 11) is 1.53. The Kier molecular flexibility index (Phi) is 4.16. The minimum atomic E-state index is -0.206. The van der Waals surface area contributed by atoms with Crippen molar-refractivity contribution in [3.63, 3.8) is 0 Å². The third-order valence-corrected chi connectivity index (χ3v) is 4.92. The first-order valence-corrected chi connectivity index (χ1v) is 7.77. The smallest absolute Gasteiger partial charge is 0.248 e. The summed E-state index contributed by atoms with van der Waals surface area (Å²) in [5, 5.41) is 3.20. The molecule has 1 aromatic carbocycles. The van der Waals surface area contributed by atoms with Crippen molar-refractivity contribution in [3.05, 3.63) is 35.9 Å². The average Bonchev–Trinajstić information content (AvgIpc) is 2.85. The number of nitrogens with one attached hydrogen (secondary N) is 1. The summed E-state index contributed by atoms with van der Waals surface area (Å²) < 4.78 is 4.92. The Morgan fingerprint density at radius 2 is 2.00 bits per heavy atom. The second kappa shape index (κ2) is 6.08. The van der Waals surface area contributed by atoms with Crippen LogP contribution in [0.15, 0.2) is 30.3 Å². The zero-order chi connectivity index (χ0) is 15.6. The molecule has 2 fully saturated rings. The van der Waals surface area contributed by atoms with Gasteiger partial charge in [0, 0.05) is 32.5 Å². The van der Waals surface area contributed by atoms with E-state index in [4.69, 9.17) is 4.74 Å². The van der Waals surface area contributed by atoms with Gasteiger partial charge in [-0.2, -0.15) is 0 Å². The fourth-order valence-corrected chi connectivity index (χ4v) is 3.76. The molecule has 2 aliphatic heterocycles. The molecule has 2 amide bonds. The molecule has 1 N–H and O–H groups in total. The van der Waals surface area contributed by atoms with Crippen LogP contribution in [-0.2, 0) is 14.3 Å². The minimum Gasteiger partial charge on any atom is -0.375 e. The minimum absolute atomic E-state index is 0.0259. The molecule has 1 spiro atoms. The first kappa shape index (κ1) is 15.0. The summed E-state index contributed by atoms with van der Waals surface area (Å²) in [6.07, 6.45) is 2.14. The molecule has 3 rings (SSSR count). The van der Waals surface area contributed by atoms with Gasteiger partial charge in [-0.1, -0.05) is 30.3 Å². The van der Waals surface area contributed by atoms with Gasteiger partial charge in [0.1, 0.15) is 6.61 Å². The number of amides is 2. The molecule has 2 heterocycles. The third-order valence-electron chi connectivity index (χ3n) is 4.92. The average molecular weight is 302 g/mol. The Balaban J connectivity index is 1.75. The van der Waals surface area contributed by atoms with Crippen molar-refractivity contribution in [1.82, 2.24) is 10.2 Å². The molecule has 0 aromatic heterocycles. The molecule has 0 radical (unpaired) electrons. The van der Waals surface area contributed by atoms with E-state index in [1.165, 1.54) is 12.7 Å². The normalized spacial score (nSPS) is 23.6. The van der Waals surface area contributed by atoms with Gasteiger partial charge < -0.3 is 15.0 Å². The summed E-state index contributed by atoms with van der Waals surface area (Å²) in [5.41, 5.74) is 1.000. The molecule has 2 aliphatic rings. The van der Waals surface area contributed by atoms with Crippen molar-refractivity contribution in [2.75, 3.05) is 26.8 Å².